The van der Waals surface area contributed by atoms with Crippen LogP contribution < -0.4 is 5.32 Å². The van der Waals surface area contributed by atoms with Crippen molar-refractivity contribution in [2.75, 3.05) is 18.4 Å². The number of allylic oxidation sites excluding steroid dienone is 1. The first-order valence-electron chi connectivity index (χ1n) is 6.30. The van der Waals surface area contributed by atoms with Gasteiger partial charge in [0, 0.05) is 31.4 Å². The Labute approximate surface area is 117 Å². The van der Waals surface area contributed by atoms with Crippen LogP contribution >= 0.6 is 15.9 Å². The minimum Gasteiger partial charge on any atom is -0.353 e. The first-order chi connectivity index (χ1) is 8.58. The third-order valence-electron chi connectivity index (χ3n) is 3.41. The average molecular weight is 317 g/mol. The summed E-state index contributed by atoms with van der Waals surface area (Å²) in [5.74, 6) is 0.671. The van der Waals surface area contributed by atoms with E-state index >= 15 is 0 Å². The number of nitrogens with zero attached hydrogens (tertiary/aromatic N) is 1. The molecular weight excluding hydrogens is 296 g/mol. The van der Waals surface area contributed by atoms with Crippen molar-refractivity contribution in [3.05, 3.63) is 11.6 Å². The van der Waals surface area contributed by atoms with Crippen molar-refractivity contribution in [2.45, 2.75) is 32.7 Å². The number of carbonyl (C=O) groups is 2. The summed E-state index contributed by atoms with van der Waals surface area (Å²) in [6, 6.07) is 0.0564. The van der Waals surface area contributed by atoms with Crippen molar-refractivity contribution in [1.82, 2.24) is 10.2 Å². The van der Waals surface area contributed by atoms with Crippen molar-refractivity contribution in [3.8, 4) is 0 Å². The lowest BCUT2D eigenvalue weighted by molar-refractivity contribution is -0.130. The SMILES string of the molecule is CC(=O)N1CCC(C(=CC(C)NC=O)CBr)CC1. The Kier molecular flexibility index (Phi) is 6.39. The number of likely N-dealkylation sites (tertiary alicyclic amines) is 1. The van der Waals surface area contributed by atoms with Crippen molar-refractivity contribution < 1.29 is 9.59 Å². The second kappa shape index (κ2) is 7.56. The Balaban J connectivity index is 2.57. The molecule has 0 saturated carbocycles. The Morgan fingerprint density at radius 1 is 1.50 bits per heavy atom. The number of rotatable bonds is 5. The molecule has 0 spiro atoms. The summed E-state index contributed by atoms with van der Waals surface area (Å²) in [5.41, 5.74) is 1.32. The topological polar surface area (TPSA) is 49.4 Å². The molecule has 0 radical (unpaired) electrons. The standard InChI is InChI=1S/C13H21BrN2O2/c1-10(15-9-17)7-13(8-14)12-3-5-16(6-4-12)11(2)18/h7,9-10,12H,3-6,8H2,1-2H3,(H,15,17). The van der Waals surface area contributed by atoms with E-state index in [1.54, 1.807) is 6.92 Å². The van der Waals surface area contributed by atoms with Crippen molar-refractivity contribution >= 4 is 28.2 Å². The number of piperidine rings is 1. The molecule has 0 aromatic heterocycles. The third-order valence-corrected chi connectivity index (χ3v) is 4.06. The van der Waals surface area contributed by atoms with E-state index in [1.807, 2.05) is 11.8 Å². The van der Waals surface area contributed by atoms with Crippen molar-refractivity contribution in [3.63, 3.8) is 0 Å². The van der Waals surface area contributed by atoms with Crippen LogP contribution in [0.25, 0.3) is 0 Å². The van der Waals surface area contributed by atoms with Gasteiger partial charge in [0.15, 0.2) is 0 Å². The molecule has 0 aromatic carbocycles. The van der Waals surface area contributed by atoms with Crippen LogP contribution in [0, 0.1) is 5.92 Å². The molecule has 1 aliphatic rings. The van der Waals surface area contributed by atoms with E-state index in [2.05, 4.69) is 27.3 Å². The average Bonchev–Trinajstić information content (AvgIpc) is 2.36. The zero-order chi connectivity index (χ0) is 13.5. The summed E-state index contributed by atoms with van der Waals surface area (Å²) in [5, 5.41) is 3.56. The molecule has 1 fully saturated rings. The molecule has 102 valence electrons. The van der Waals surface area contributed by atoms with E-state index in [4.69, 9.17) is 0 Å². The largest absolute Gasteiger partial charge is 0.353 e. The van der Waals surface area contributed by atoms with Crippen LogP contribution in [0.2, 0.25) is 0 Å². The smallest absolute Gasteiger partial charge is 0.219 e. The first-order valence-corrected chi connectivity index (χ1v) is 7.42. The number of carbonyl (C=O) groups excluding carboxylic acids is 2. The van der Waals surface area contributed by atoms with E-state index in [9.17, 15) is 9.59 Å². The molecule has 0 aromatic rings. The highest BCUT2D eigenvalue weighted by Crippen LogP contribution is 2.26. The minimum atomic E-state index is 0.0564. The molecule has 1 heterocycles. The van der Waals surface area contributed by atoms with Crippen LogP contribution in [0.15, 0.2) is 11.6 Å². The zero-order valence-electron chi connectivity index (χ0n) is 11.0. The summed E-state index contributed by atoms with van der Waals surface area (Å²) < 4.78 is 0. The van der Waals surface area contributed by atoms with Gasteiger partial charge in [-0.2, -0.15) is 0 Å². The van der Waals surface area contributed by atoms with Gasteiger partial charge in [-0.25, -0.2) is 0 Å². The molecule has 5 heteroatoms. The fraction of sp³-hybridized carbons (Fsp3) is 0.692. The van der Waals surface area contributed by atoms with Crippen molar-refractivity contribution in [1.29, 1.82) is 0 Å². The maximum Gasteiger partial charge on any atom is 0.219 e. The summed E-state index contributed by atoms with van der Waals surface area (Å²) in [6.07, 6.45) is 4.85. The lowest BCUT2D eigenvalue weighted by Crippen LogP contribution is -2.37. The van der Waals surface area contributed by atoms with Crippen LogP contribution in [-0.2, 0) is 9.59 Å². The molecule has 4 nitrogen and oxygen atoms in total. The molecule has 1 rings (SSSR count). The Morgan fingerprint density at radius 3 is 2.56 bits per heavy atom. The monoisotopic (exact) mass is 316 g/mol. The molecule has 1 atom stereocenters. The molecule has 1 unspecified atom stereocenters. The molecule has 0 aliphatic carbocycles. The first kappa shape index (κ1) is 15.2. The summed E-state index contributed by atoms with van der Waals surface area (Å²) in [4.78, 5) is 23.5. The number of amides is 2. The Hall–Kier alpha value is -0.840. The second-order valence-corrected chi connectivity index (χ2v) is 5.29. The van der Waals surface area contributed by atoms with Gasteiger partial charge in [0.25, 0.3) is 0 Å². The van der Waals surface area contributed by atoms with Gasteiger partial charge < -0.3 is 10.2 Å². The highest BCUT2D eigenvalue weighted by Gasteiger charge is 2.23. The Bertz CT molecular complexity index is 323. The summed E-state index contributed by atoms with van der Waals surface area (Å²) >= 11 is 3.51. The van der Waals surface area contributed by atoms with Gasteiger partial charge in [-0.1, -0.05) is 27.6 Å². The van der Waals surface area contributed by atoms with Crippen LogP contribution in [0.5, 0.6) is 0 Å². The van der Waals surface area contributed by atoms with Gasteiger partial charge in [0.1, 0.15) is 0 Å². The molecule has 1 aliphatic heterocycles. The fourth-order valence-corrected chi connectivity index (χ4v) is 2.98. The van der Waals surface area contributed by atoms with Crippen LogP contribution in [-0.4, -0.2) is 41.7 Å². The lowest BCUT2D eigenvalue weighted by atomic mass is 9.89. The molecule has 0 bridgehead atoms. The van der Waals surface area contributed by atoms with Gasteiger partial charge in [-0.15, -0.1) is 0 Å². The van der Waals surface area contributed by atoms with E-state index in [-0.39, 0.29) is 11.9 Å². The van der Waals surface area contributed by atoms with Crippen LogP contribution in [0.1, 0.15) is 26.7 Å². The number of alkyl halides is 1. The van der Waals surface area contributed by atoms with Crippen molar-refractivity contribution in [2.24, 2.45) is 5.92 Å². The van der Waals surface area contributed by atoms with Gasteiger partial charge in [-0.05, 0) is 25.7 Å². The summed E-state index contributed by atoms with van der Waals surface area (Å²) in [6.45, 7) is 5.25. The molecule has 18 heavy (non-hydrogen) atoms. The lowest BCUT2D eigenvalue weighted by Gasteiger charge is -2.32. The normalized spacial score (nSPS) is 19.5. The van der Waals surface area contributed by atoms with Gasteiger partial charge >= 0.3 is 0 Å². The molecule has 1 saturated heterocycles. The van der Waals surface area contributed by atoms with Gasteiger partial charge in [-0.3, -0.25) is 9.59 Å². The van der Waals surface area contributed by atoms with Gasteiger partial charge in [0.05, 0.1) is 0 Å². The number of hydrogen-bond donors (Lipinski definition) is 1. The number of halogens is 1. The maximum atomic E-state index is 11.3. The predicted molar refractivity (Wildman–Crippen MR) is 75.5 cm³/mol. The second-order valence-electron chi connectivity index (χ2n) is 4.73. The summed E-state index contributed by atoms with van der Waals surface area (Å²) in [7, 11) is 0. The maximum absolute atomic E-state index is 11.3. The zero-order valence-corrected chi connectivity index (χ0v) is 12.6. The fourth-order valence-electron chi connectivity index (χ4n) is 2.33. The third kappa shape index (κ3) is 4.44. The molecular formula is C13H21BrN2O2. The minimum absolute atomic E-state index is 0.0564. The Morgan fingerprint density at radius 2 is 2.11 bits per heavy atom. The molecule has 2 amide bonds. The van der Waals surface area contributed by atoms with E-state index in [0.717, 1.165) is 37.7 Å². The van der Waals surface area contributed by atoms with E-state index in [1.165, 1.54) is 5.57 Å². The van der Waals surface area contributed by atoms with E-state index < -0.39 is 0 Å². The van der Waals surface area contributed by atoms with Crippen LogP contribution in [0.3, 0.4) is 0 Å². The molecule has 1 N–H and O–H groups in total. The van der Waals surface area contributed by atoms with Crippen LogP contribution in [0.4, 0.5) is 0 Å². The number of hydrogen-bond acceptors (Lipinski definition) is 2. The number of nitrogens with one attached hydrogen (secondary N) is 1. The van der Waals surface area contributed by atoms with Gasteiger partial charge in [0.2, 0.25) is 12.3 Å². The highest BCUT2D eigenvalue weighted by molar-refractivity contribution is 9.09. The quantitative estimate of drug-likeness (QED) is 0.477. The highest BCUT2D eigenvalue weighted by atomic mass is 79.9. The predicted octanol–water partition coefficient (Wildman–Crippen LogP) is 1.70. The van der Waals surface area contributed by atoms with E-state index in [0.29, 0.717) is 5.92 Å².